The van der Waals surface area contributed by atoms with Gasteiger partial charge in [0, 0.05) is 24.7 Å². The second-order valence-corrected chi connectivity index (χ2v) is 4.80. The predicted molar refractivity (Wildman–Crippen MR) is 82.5 cm³/mol. The smallest absolute Gasteiger partial charge is 0.227 e. The van der Waals surface area contributed by atoms with Gasteiger partial charge in [-0.05, 0) is 31.0 Å². The summed E-state index contributed by atoms with van der Waals surface area (Å²) < 4.78 is 7.72. The van der Waals surface area contributed by atoms with Crippen molar-refractivity contribution in [3.63, 3.8) is 0 Å². The Morgan fingerprint density at radius 3 is 2.71 bits per heavy atom. The highest BCUT2D eigenvalue weighted by atomic mass is 16.5. The zero-order valence-corrected chi connectivity index (χ0v) is 12.2. The van der Waals surface area contributed by atoms with Gasteiger partial charge in [0.1, 0.15) is 0 Å². The van der Waals surface area contributed by atoms with Gasteiger partial charge in [0.25, 0.3) is 0 Å². The molecule has 3 aromatic rings. The van der Waals surface area contributed by atoms with Crippen molar-refractivity contribution < 1.29 is 4.74 Å². The Labute approximate surface area is 123 Å². The van der Waals surface area contributed by atoms with Gasteiger partial charge in [-0.1, -0.05) is 18.2 Å². The zero-order valence-electron chi connectivity index (χ0n) is 12.2. The number of hydrogen-bond donors (Lipinski definition) is 1. The summed E-state index contributed by atoms with van der Waals surface area (Å²) in [7, 11) is 1.93. The maximum Gasteiger partial charge on any atom is 0.227 e. The summed E-state index contributed by atoms with van der Waals surface area (Å²) in [6.07, 6.45) is 5.44. The van der Waals surface area contributed by atoms with E-state index in [2.05, 4.69) is 21.5 Å². The summed E-state index contributed by atoms with van der Waals surface area (Å²) in [5, 5.41) is 9.54. The van der Waals surface area contributed by atoms with Crippen molar-refractivity contribution in [1.82, 2.24) is 20.1 Å². The maximum atomic E-state index is 5.89. The predicted octanol–water partition coefficient (Wildman–Crippen LogP) is 2.96. The SMILES string of the molecule is CCn1cc(Oc2ncc(CNC)c3ccccc23)cn1. The van der Waals surface area contributed by atoms with E-state index in [1.165, 1.54) is 0 Å². The van der Waals surface area contributed by atoms with Gasteiger partial charge in [-0.2, -0.15) is 5.10 Å². The van der Waals surface area contributed by atoms with Crippen molar-refractivity contribution in [2.75, 3.05) is 7.05 Å². The van der Waals surface area contributed by atoms with Crippen molar-refractivity contribution in [2.24, 2.45) is 0 Å². The van der Waals surface area contributed by atoms with E-state index in [9.17, 15) is 0 Å². The Morgan fingerprint density at radius 2 is 2.00 bits per heavy atom. The number of benzene rings is 1. The fraction of sp³-hybridized carbons (Fsp3) is 0.250. The van der Waals surface area contributed by atoms with Gasteiger partial charge >= 0.3 is 0 Å². The first-order valence-corrected chi connectivity index (χ1v) is 7.03. The van der Waals surface area contributed by atoms with Crippen molar-refractivity contribution in [3.05, 3.63) is 48.4 Å². The third-order valence-corrected chi connectivity index (χ3v) is 3.36. The molecule has 2 heterocycles. The molecule has 3 rings (SSSR count). The molecule has 2 aromatic heterocycles. The van der Waals surface area contributed by atoms with Crippen LogP contribution in [0.2, 0.25) is 0 Å². The van der Waals surface area contributed by atoms with Gasteiger partial charge < -0.3 is 10.1 Å². The molecule has 0 unspecified atom stereocenters. The van der Waals surface area contributed by atoms with Gasteiger partial charge in [0.2, 0.25) is 5.88 Å². The average molecular weight is 282 g/mol. The molecule has 21 heavy (non-hydrogen) atoms. The summed E-state index contributed by atoms with van der Waals surface area (Å²) in [6.45, 7) is 3.64. The molecule has 0 fully saturated rings. The van der Waals surface area contributed by atoms with E-state index in [0.717, 1.165) is 29.4 Å². The second-order valence-electron chi connectivity index (χ2n) is 4.80. The molecular formula is C16H18N4O. The Kier molecular flexibility index (Phi) is 3.83. The molecule has 5 nitrogen and oxygen atoms in total. The lowest BCUT2D eigenvalue weighted by Crippen LogP contribution is -2.06. The number of nitrogens with zero attached hydrogens (tertiary/aromatic N) is 3. The van der Waals surface area contributed by atoms with Crippen LogP contribution in [0.25, 0.3) is 10.8 Å². The molecule has 0 bridgehead atoms. The van der Waals surface area contributed by atoms with Crippen molar-refractivity contribution in [3.8, 4) is 11.6 Å². The number of pyridine rings is 1. The molecule has 0 aliphatic rings. The Balaban J connectivity index is 2.00. The summed E-state index contributed by atoms with van der Waals surface area (Å²) >= 11 is 0. The standard InChI is InChI=1S/C16H18N4O/c1-3-20-11-13(10-19-20)21-16-15-7-5-4-6-14(15)12(8-17-2)9-18-16/h4-7,9-11,17H,3,8H2,1-2H3. The lowest BCUT2D eigenvalue weighted by molar-refractivity contribution is 0.467. The van der Waals surface area contributed by atoms with Crippen molar-refractivity contribution in [2.45, 2.75) is 20.0 Å². The highest BCUT2D eigenvalue weighted by Gasteiger charge is 2.09. The molecule has 0 saturated carbocycles. The van der Waals surface area contributed by atoms with E-state index < -0.39 is 0 Å². The molecule has 0 amide bonds. The molecule has 1 N–H and O–H groups in total. The van der Waals surface area contributed by atoms with Crippen LogP contribution in [-0.4, -0.2) is 21.8 Å². The van der Waals surface area contributed by atoms with Crippen LogP contribution in [-0.2, 0) is 13.1 Å². The second kappa shape index (κ2) is 5.93. The normalized spacial score (nSPS) is 11.0. The lowest BCUT2D eigenvalue weighted by Gasteiger charge is -2.10. The minimum Gasteiger partial charge on any atom is -0.435 e. The summed E-state index contributed by atoms with van der Waals surface area (Å²) in [4.78, 5) is 4.46. The third kappa shape index (κ3) is 2.73. The first-order valence-electron chi connectivity index (χ1n) is 7.03. The number of nitrogens with one attached hydrogen (secondary N) is 1. The van der Waals surface area contributed by atoms with E-state index in [0.29, 0.717) is 11.6 Å². The van der Waals surface area contributed by atoms with Crippen LogP contribution in [0.4, 0.5) is 0 Å². The number of aromatic nitrogens is 3. The van der Waals surface area contributed by atoms with Crippen molar-refractivity contribution >= 4 is 10.8 Å². The van der Waals surface area contributed by atoms with Gasteiger partial charge in [-0.25, -0.2) is 4.98 Å². The first-order chi connectivity index (χ1) is 10.3. The van der Waals surface area contributed by atoms with Crippen LogP contribution in [0, 0.1) is 0 Å². The number of aryl methyl sites for hydroxylation is 1. The molecule has 0 radical (unpaired) electrons. The molecule has 5 heteroatoms. The molecule has 0 aliphatic heterocycles. The Hall–Kier alpha value is -2.40. The molecule has 0 atom stereocenters. The largest absolute Gasteiger partial charge is 0.435 e. The Bertz CT molecular complexity index is 751. The fourth-order valence-electron chi connectivity index (χ4n) is 2.32. The summed E-state index contributed by atoms with van der Waals surface area (Å²) in [5.74, 6) is 1.32. The zero-order chi connectivity index (χ0) is 14.7. The molecule has 1 aromatic carbocycles. The topological polar surface area (TPSA) is 52.0 Å². The number of ether oxygens (including phenoxy) is 1. The minimum absolute atomic E-state index is 0.612. The average Bonchev–Trinajstić information content (AvgIpc) is 2.98. The van der Waals surface area contributed by atoms with E-state index in [1.807, 2.05) is 49.2 Å². The fourth-order valence-corrected chi connectivity index (χ4v) is 2.32. The van der Waals surface area contributed by atoms with E-state index in [4.69, 9.17) is 4.74 Å². The number of rotatable bonds is 5. The quantitative estimate of drug-likeness (QED) is 0.781. The summed E-state index contributed by atoms with van der Waals surface area (Å²) in [6, 6.07) is 8.14. The number of hydrogen-bond acceptors (Lipinski definition) is 4. The maximum absolute atomic E-state index is 5.89. The number of fused-ring (bicyclic) bond motifs is 1. The monoisotopic (exact) mass is 282 g/mol. The molecular weight excluding hydrogens is 264 g/mol. The van der Waals surface area contributed by atoms with Gasteiger partial charge in [-0.3, -0.25) is 4.68 Å². The molecule has 0 saturated heterocycles. The van der Waals surface area contributed by atoms with Crippen LogP contribution in [0.3, 0.4) is 0 Å². The van der Waals surface area contributed by atoms with Gasteiger partial charge in [-0.15, -0.1) is 0 Å². The Morgan fingerprint density at radius 1 is 1.19 bits per heavy atom. The molecule has 0 aliphatic carbocycles. The van der Waals surface area contributed by atoms with E-state index in [1.54, 1.807) is 6.20 Å². The molecule has 108 valence electrons. The van der Waals surface area contributed by atoms with Crippen LogP contribution in [0.1, 0.15) is 12.5 Å². The minimum atomic E-state index is 0.612. The van der Waals surface area contributed by atoms with E-state index >= 15 is 0 Å². The van der Waals surface area contributed by atoms with Crippen LogP contribution in [0.5, 0.6) is 11.6 Å². The van der Waals surface area contributed by atoms with Crippen molar-refractivity contribution in [1.29, 1.82) is 0 Å². The molecule has 0 spiro atoms. The first kappa shape index (κ1) is 13.6. The van der Waals surface area contributed by atoms with Gasteiger partial charge in [0.05, 0.1) is 12.4 Å². The van der Waals surface area contributed by atoms with E-state index in [-0.39, 0.29) is 0 Å². The third-order valence-electron chi connectivity index (χ3n) is 3.36. The highest BCUT2D eigenvalue weighted by molar-refractivity contribution is 5.89. The van der Waals surface area contributed by atoms with Crippen LogP contribution in [0.15, 0.2) is 42.9 Å². The van der Waals surface area contributed by atoms with Crippen LogP contribution >= 0.6 is 0 Å². The lowest BCUT2D eigenvalue weighted by atomic mass is 10.1. The van der Waals surface area contributed by atoms with Crippen LogP contribution < -0.4 is 10.1 Å². The summed E-state index contributed by atoms with van der Waals surface area (Å²) in [5.41, 5.74) is 1.16. The highest BCUT2D eigenvalue weighted by Crippen LogP contribution is 2.29. The van der Waals surface area contributed by atoms with Gasteiger partial charge in [0.15, 0.2) is 5.75 Å².